The van der Waals surface area contributed by atoms with Gasteiger partial charge in [0, 0.05) is 10.9 Å². The molecule has 0 saturated carbocycles. The summed E-state index contributed by atoms with van der Waals surface area (Å²) in [5.74, 6) is 0.0380. The summed E-state index contributed by atoms with van der Waals surface area (Å²) in [6.07, 6.45) is 1.54. The molecule has 2 N–H and O–H groups in total. The molecule has 5 nitrogen and oxygen atoms in total. The highest BCUT2D eigenvalue weighted by molar-refractivity contribution is 8.00. The standard InChI is InChI=1S/C23H21N3O2S2/c1-13-4-6-16(15(3)8-13)17-10-29-22-21(17)23(25-12-24-22)30-11-20(28)26-18-9-14(2)5-7-19(18)27/h4-10,12,27H,11H2,1-3H3,(H,26,28). The van der Waals surface area contributed by atoms with Gasteiger partial charge in [0.2, 0.25) is 5.91 Å². The number of phenolic OH excluding ortho intramolecular Hbond substituents is 1. The number of aromatic hydroxyl groups is 1. The van der Waals surface area contributed by atoms with Crippen molar-refractivity contribution in [2.75, 3.05) is 11.1 Å². The molecule has 2 aromatic carbocycles. The first-order chi connectivity index (χ1) is 14.4. The van der Waals surface area contributed by atoms with Crippen molar-refractivity contribution in [3.8, 4) is 16.9 Å². The van der Waals surface area contributed by atoms with Gasteiger partial charge >= 0.3 is 0 Å². The number of aromatic nitrogens is 2. The molecule has 0 radical (unpaired) electrons. The SMILES string of the molecule is Cc1ccc(-c2csc3ncnc(SCC(=O)Nc4cc(C)ccc4O)c23)c(C)c1. The number of benzene rings is 2. The number of hydrogen-bond donors (Lipinski definition) is 2. The average Bonchev–Trinajstić information content (AvgIpc) is 3.14. The second-order valence-electron chi connectivity index (χ2n) is 7.18. The monoisotopic (exact) mass is 435 g/mol. The number of hydrogen-bond acceptors (Lipinski definition) is 6. The second kappa shape index (κ2) is 8.45. The van der Waals surface area contributed by atoms with Gasteiger partial charge in [-0.3, -0.25) is 4.79 Å². The fraction of sp³-hybridized carbons (Fsp3) is 0.174. The Morgan fingerprint density at radius 1 is 1.07 bits per heavy atom. The third-order valence-electron chi connectivity index (χ3n) is 4.77. The lowest BCUT2D eigenvalue weighted by atomic mass is 9.99. The van der Waals surface area contributed by atoms with E-state index >= 15 is 0 Å². The molecule has 30 heavy (non-hydrogen) atoms. The first-order valence-corrected chi connectivity index (χ1v) is 11.3. The van der Waals surface area contributed by atoms with E-state index in [1.165, 1.54) is 29.2 Å². The van der Waals surface area contributed by atoms with Crippen LogP contribution >= 0.6 is 23.1 Å². The van der Waals surface area contributed by atoms with Gasteiger partial charge in [-0.25, -0.2) is 9.97 Å². The zero-order valence-electron chi connectivity index (χ0n) is 16.9. The van der Waals surface area contributed by atoms with Crippen molar-refractivity contribution < 1.29 is 9.90 Å². The number of rotatable bonds is 5. The van der Waals surface area contributed by atoms with Crippen molar-refractivity contribution in [3.05, 3.63) is 64.8 Å². The van der Waals surface area contributed by atoms with E-state index in [0.717, 1.165) is 31.9 Å². The molecule has 0 bridgehead atoms. The molecular formula is C23H21N3O2S2. The van der Waals surface area contributed by atoms with Crippen LogP contribution in [-0.4, -0.2) is 26.7 Å². The molecule has 152 valence electrons. The van der Waals surface area contributed by atoms with Crippen molar-refractivity contribution in [2.24, 2.45) is 0 Å². The molecular weight excluding hydrogens is 414 g/mol. The maximum atomic E-state index is 12.5. The van der Waals surface area contributed by atoms with Crippen LogP contribution in [0.25, 0.3) is 21.3 Å². The smallest absolute Gasteiger partial charge is 0.234 e. The van der Waals surface area contributed by atoms with E-state index in [2.05, 4.69) is 52.7 Å². The summed E-state index contributed by atoms with van der Waals surface area (Å²) in [4.78, 5) is 22.3. The van der Waals surface area contributed by atoms with Crippen LogP contribution in [0.4, 0.5) is 5.69 Å². The molecule has 0 spiro atoms. The number of anilines is 1. The number of phenols is 1. The quantitative estimate of drug-likeness (QED) is 0.238. The van der Waals surface area contributed by atoms with Crippen LogP contribution in [0.5, 0.6) is 5.75 Å². The molecule has 0 aliphatic rings. The van der Waals surface area contributed by atoms with Gasteiger partial charge in [-0.05, 0) is 49.6 Å². The summed E-state index contributed by atoms with van der Waals surface area (Å²) in [5, 5.41) is 16.6. The Hall–Kier alpha value is -2.90. The number of fused-ring (bicyclic) bond motifs is 1. The molecule has 4 aromatic rings. The summed E-state index contributed by atoms with van der Waals surface area (Å²) < 4.78 is 0. The van der Waals surface area contributed by atoms with E-state index < -0.39 is 0 Å². The van der Waals surface area contributed by atoms with Crippen LogP contribution in [-0.2, 0) is 4.79 Å². The Morgan fingerprint density at radius 2 is 1.83 bits per heavy atom. The lowest BCUT2D eigenvalue weighted by Crippen LogP contribution is -2.14. The van der Waals surface area contributed by atoms with Crippen molar-refractivity contribution >= 4 is 44.9 Å². The molecule has 2 aromatic heterocycles. The Bertz CT molecular complexity index is 1250. The van der Waals surface area contributed by atoms with Crippen molar-refractivity contribution in [1.29, 1.82) is 0 Å². The first kappa shape index (κ1) is 20.4. The summed E-state index contributed by atoms with van der Waals surface area (Å²) in [7, 11) is 0. The van der Waals surface area contributed by atoms with Gasteiger partial charge in [0.25, 0.3) is 0 Å². The number of nitrogens with zero attached hydrogens (tertiary/aromatic N) is 2. The van der Waals surface area contributed by atoms with Crippen molar-refractivity contribution in [3.63, 3.8) is 0 Å². The molecule has 0 fully saturated rings. The Kier molecular flexibility index (Phi) is 5.74. The van der Waals surface area contributed by atoms with Gasteiger partial charge in [-0.2, -0.15) is 0 Å². The molecule has 1 amide bonds. The minimum Gasteiger partial charge on any atom is -0.506 e. The van der Waals surface area contributed by atoms with Crippen molar-refractivity contribution in [1.82, 2.24) is 9.97 Å². The van der Waals surface area contributed by atoms with Gasteiger partial charge in [0.15, 0.2) is 0 Å². The first-order valence-electron chi connectivity index (χ1n) is 9.44. The van der Waals surface area contributed by atoms with Crippen LogP contribution in [0.15, 0.2) is 53.1 Å². The molecule has 0 saturated heterocycles. The maximum Gasteiger partial charge on any atom is 0.234 e. The van der Waals surface area contributed by atoms with Crippen LogP contribution in [0.1, 0.15) is 16.7 Å². The minimum atomic E-state index is -0.198. The van der Waals surface area contributed by atoms with Crippen molar-refractivity contribution in [2.45, 2.75) is 25.8 Å². The normalized spacial score (nSPS) is 11.0. The van der Waals surface area contributed by atoms with E-state index in [9.17, 15) is 9.90 Å². The number of carbonyl (C=O) groups excluding carboxylic acids is 1. The highest BCUT2D eigenvalue weighted by Crippen LogP contribution is 2.39. The summed E-state index contributed by atoms with van der Waals surface area (Å²) >= 11 is 2.95. The van der Waals surface area contributed by atoms with Gasteiger partial charge in [-0.1, -0.05) is 41.6 Å². The summed E-state index contributed by atoms with van der Waals surface area (Å²) in [6.45, 7) is 6.09. The molecule has 0 atom stereocenters. The number of thioether (sulfide) groups is 1. The van der Waals surface area contributed by atoms with E-state index in [4.69, 9.17) is 0 Å². The average molecular weight is 436 g/mol. The van der Waals surface area contributed by atoms with E-state index in [0.29, 0.717) is 5.69 Å². The second-order valence-corrected chi connectivity index (χ2v) is 9.01. The van der Waals surface area contributed by atoms with Crippen LogP contribution in [0.3, 0.4) is 0 Å². The topological polar surface area (TPSA) is 75.1 Å². The van der Waals surface area contributed by atoms with E-state index in [-0.39, 0.29) is 17.4 Å². The highest BCUT2D eigenvalue weighted by atomic mass is 32.2. The van der Waals surface area contributed by atoms with E-state index in [1.54, 1.807) is 29.5 Å². The zero-order chi connectivity index (χ0) is 21.3. The largest absolute Gasteiger partial charge is 0.506 e. The number of nitrogens with one attached hydrogen (secondary N) is 1. The zero-order valence-corrected chi connectivity index (χ0v) is 18.5. The third kappa shape index (κ3) is 4.17. The number of amides is 1. The number of aryl methyl sites for hydroxylation is 3. The molecule has 4 rings (SSSR count). The van der Waals surface area contributed by atoms with Crippen LogP contribution in [0, 0.1) is 20.8 Å². The fourth-order valence-electron chi connectivity index (χ4n) is 3.34. The maximum absolute atomic E-state index is 12.5. The predicted octanol–water partition coefficient (Wildman–Crippen LogP) is 5.72. The lowest BCUT2D eigenvalue weighted by molar-refractivity contribution is -0.113. The van der Waals surface area contributed by atoms with Crippen LogP contribution in [0.2, 0.25) is 0 Å². The van der Waals surface area contributed by atoms with Gasteiger partial charge in [0.1, 0.15) is 21.9 Å². The van der Waals surface area contributed by atoms with Gasteiger partial charge in [-0.15, -0.1) is 11.3 Å². The molecule has 7 heteroatoms. The predicted molar refractivity (Wildman–Crippen MR) is 125 cm³/mol. The van der Waals surface area contributed by atoms with Crippen LogP contribution < -0.4 is 5.32 Å². The Morgan fingerprint density at radius 3 is 2.63 bits per heavy atom. The fourth-order valence-corrected chi connectivity index (χ4v) is 5.13. The molecule has 2 heterocycles. The Labute approximate surface area is 183 Å². The van der Waals surface area contributed by atoms with E-state index in [1.807, 2.05) is 6.92 Å². The molecule has 0 aliphatic carbocycles. The van der Waals surface area contributed by atoms with Gasteiger partial charge in [0.05, 0.1) is 16.8 Å². The summed E-state index contributed by atoms with van der Waals surface area (Å²) in [6, 6.07) is 11.5. The molecule has 0 unspecified atom stereocenters. The third-order valence-corrected chi connectivity index (χ3v) is 6.65. The number of thiophene rings is 1. The lowest BCUT2D eigenvalue weighted by Gasteiger charge is -2.10. The number of carbonyl (C=O) groups is 1. The highest BCUT2D eigenvalue weighted by Gasteiger charge is 2.16. The summed E-state index contributed by atoms with van der Waals surface area (Å²) in [5.41, 5.74) is 6.04. The minimum absolute atomic E-state index is 0.0540. The Balaban J connectivity index is 1.59. The molecule has 0 aliphatic heterocycles. The van der Waals surface area contributed by atoms with Gasteiger partial charge < -0.3 is 10.4 Å².